The molecule has 1 N–H and O–H groups in total. The topological polar surface area (TPSA) is 121 Å². The lowest BCUT2D eigenvalue weighted by Crippen LogP contribution is -2.16. The summed E-state index contributed by atoms with van der Waals surface area (Å²) in [6.07, 6.45) is 1.58. The van der Waals surface area contributed by atoms with E-state index in [1.165, 1.54) is 17.1 Å². The van der Waals surface area contributed by atoms with Gasteiger partial charge in [-0.25, -0.2) is 9.67 Å². The molecule has 10 nitrogen and oxygen atoms in total. The van der Waals surface area contributed by atoms with Gasteiger partial charge in [-0.2, -0.15) is 4.68 Å². The number of hydrogen-bond acceptors (Lipinski definition) is 6. The number of benzene rings is 1. The van der Waals surface area contributed by atoms with Crippen LogP contribution in [0.2, 0.25) is 5.02 Å². The molecule has 0 fully saturated rings. The van der Waals surface area contributed by atoms with Gasteiger partial charge < -0.3 is 10.1 Å². The molecule has 0 aliphatic carbocycles. The molecule has 3 aromatic rings. The van der Waals surface area contributed by atoms with Gasteiger partial charge in [0.1, 0.15) is 6.33 Å². The molecule has 2 heterocycles. The van der Waals surface area contributed by atoms with Gasteiger partial charge in [-0.1, -0.05) is 29.8 Å². The first-order valence-corrected chi connectivity index (χ1v) is 8.41. The van der Waals surface area contributed by atoms with Gasteiger partial charge in [0.05, 0.1) is 29.9 Å². The maximum absolute atomic E-state index is 12.1. The third-order valence-corrected chi connectivity index (χ3v) is 4.15. The summed E-state index contributed by atoms with van der Waals surface area (Å²) in [6.45, 7) is 2.33. The Morgan fingerprint density at radius 2 is 2.11 bits per heavy atom. The van der Waals surface area contributed by atoms with Crippen LogP contribution >= 0.6 is 11.6 Å². The summed E-state index contributed by atoms with van der Waals surface area (Å²) in [5.41, 5.74) is 1.49. The van der Waals surface area contributed by atoms with Crippen molar-refractivity contribution in [2.24, 2.45) is 0 Å². The molecule has 0 radical (unpaired) electrons. The Balaban J connectivity index is 1.55. The lowest BCUT2D eigenvalue weighted by molar-refractivity contribution is -0.389. The average Bonchev–Trinajstić information content (AvgIpc) is 3.21. The third kappa shape index (κ3) is 4.67. The number of nitrogens with one attached hydrogen (secondary N) is 1. The van der Waals surface area contributed by atoms with Crippen molar-refractivity contribution in [2.45, 2.75) is 26.4 Å². The Labute approximate surface area is 158 Å². The fraction of sp³-hybridized carbons (Fsp3) is 0.250. The molecule has 0 spiro atoms. The molecule has 27 heavy (non-hydrogen) atoms. The van der Waals surface area contributed by atoms with Crippen LogP contribution in [0.4, 0.5) is 11.8 Å². The standard InChI is InChI=1S/C16H16ClN7O3/c1-11-8-14(24(26)27)20-23(11)7-6-15(25)19-16-18-10-22(21-16)9-12-4-2-3-5-13(12)17/h2-5,8,10H,6-7,9H2,1H3,(H,19,21,25). The Morgan fingerprint density at radius 3 is 2.81 bits per heavy atom. The second-order valence-corrected chi connectivity index (χ2v) is 6.19. The van der Waals surface area contributed by atoms with E-state index >= 15 is 0 Å². The highest BCUT2D eigenvalue weighted by Crippen LogP contribution is 2.16. The molecule has 0 unspecified atom stereocenters. The van der Waals surface area contributed by atoms with Crippen molar-refractivity contribution in [3.8, 4) is 0 Å². The summed E-state index contributed by atoms with van der Waals surface area (Å²) in [7, 11) is 0. The maximum Gasteiger partial charge on any atom is 0.390 e. The van der Waals surface area contributed by atoms with E-state index in [0.717, 1.165) is 5.56 Å². The van der Waals surface area contributed by atoms with Crippen LogP contribution in [0, 0.1) is 17.0 Å². The van der Waals surface area contributed by atoms with Gasteiger partial charge in [-0.05, 0) is 23.5 Å². The van der Waals surface area contributed by atoms with Crippen molar-refractivity contribution >= 4 is 29.3 Å². The summed E-state index contributed by atoms with van der Waals surface area (Å²) >= 11 is 6.12. The number of halogens is 1. The quantitative estimate of drug-likeness (QED) is 0.489. The molecular formula is C16H16ClN7O3. The molecule has 0 atom stereocenters. The molecule has 11 heteroatoms. The van der Waals surface area contributed by atoms with Crippen molar-refractivity contribution in [2.75, 3.05) is 5.32 Å². The minimum absolute atomic E-state index is 0.0821. The van der Waals surface area contributed by atoms with Gasteiger partial charge in [0.25, 0.3) is 0 Å². The van der Waals surface area contributed by atoms with Crippen LogP contribution in [0.1, 0.15) is 17.7 Å². The van der Waals surface area contributed by atoms with Crippen molar-refractivity contribution in [1.82, 2.24) is 24.5 Å². The molecule has 0 aliphatic heterocycles. The monoisotopic (exact) mass is 389 g/mol. The second-order valence-electron chi connectivity index (χ2n) is 5.78. The molecule has 0 bridgehead atoms. The highest BCUT2D eigenvalue weighted by Gasteiger charge is 2.16. The van der Waals surface area contributed by atoms with Crippen molar-refractivity contribution in [3.05, 3.63) is 63.1 Å². The number of anilines is 1. The zero-order chi connectivity index (χ0) is 19.4. The van der Waals surface area contributed by atoms with Crippen LogP contribution in [-0.2, 0) is 17.9 Å². The summed E-state index contributed by atoms with van der Waals surface area (Å²) in [5.74, 6) is -0.383. The van der Waals surface area contributed by atoms with Gasteiger partial charge in [0.2, 0.25) is 11.9 Å². The van der Waals surface area contributed by atoms with Gasteiger partial charge in [0, 0.05) is 11.4 Å². The number of amides is 1. The maximum atomic E-state index is 12.1. The number of rotatable bonds is 7. The summed E-state index contributed by atoms with van der Waals surface area (Å²) < 4.78 is 2.99. The van der Waals surface area contributed by atoms with E-state index < -0.39 is 4.92 Å². The number of aryl methyl sites for hydroxylation is 2. The fourth-order valence-corrected chi connectivity index (χ4v) is 2.63. The SMILES string of the molecule is Cc1cc([N+](=O)[O-])nn1CCC(=O)Nc1ncn(Cc2ccccc2Cl)n1. The van der Waals surface area contributed by atoms with E-state index in [1.807, 2.05) is 18.2 Å². The average molecular weight is 390 g/mol. The van der Waals surface area contributed by atoms with Crippen LogP contribution in [-0.4, -0.2) is 35.4 Å². The lowest BCUT2D eigenvalue weighted by atomic mass is 10.2. The Kier molecular flexibility index (Phi) is 5.46. The van der Waals surface area contributed by atoms with Gasteiger partial charge >= 0.3 is 5.82 Å². The number of carbonyl (C=O) groups excluding carboxylic acids is 1. The van der Waals surface area contributed by atoms with Crippen LogP contribution in [0.25, 0.3) is 0 Å². The molecular weight excluding hydrogens is 374 g/mol. The normalized spacial score (nSPS) is 10.7. The predicted molar refractivity (Wildman–Crippen MR) is 97.4 cm³/mol. The molecule has 140 valence electrons. The highest BCUT2D eigenvalue weighted by molar-refractivity contribution is 6.31. The summed E-state index contributed by atoms with van der Waals surface area (Å²) in [4.78, 5) is 26.3. The van der Waals surface area contributed by atoms with E-state index in [0.29, 0.717) is 17.3 Å². The number of hydrogen-bond donors (Lipinski definition) is 1. The van der Waals surface area contributed by atoms with Crippen LogP contribution in [0.15, 0.2) is 36.7 Å². The van der Waals surface area contributed by atoms with E-state index in [-0.39, 0.29) is 30.6 Å². The van der Waals surface area contributed by atoms with E-state index in [2.05, 4.69) is 20.5 Å². The second kappa shape index (κ2) is 7.96. The molecule has 0 saturated heterocycles. The lowest BCUT2D eigenvalue weighted by Gasteiger charge is -2.03. The minimum atomic E-state index is -0.570. The Hall–Kier alpha value is -3.27. The number of aromatic nitrogens is 5. The Bertz CT molecular complexity index is 982. The van der Waals surface area contributed by atoms with Crippen molar-refractivity contribution < 1.29 is 9.72 Å². The smallest absolute Gasteiger partial charge is 0.358 e. The molecule has 1 amide bonds. The Morgan fingerprint density at radius 1 is 1.33 bits per heavy atom. The van der Waals surface area contributed by atoms with E-state index in [9.17, 15) is 14.9 Å². The molecule has 0 saturated carbocycles. The van der Waals surface area contributed by atoms with Crippen LogP contribution in [0.5, 0.6) is 0 Å². The van der Waals surface area contributed by atoms with Gasteiger partial charge in [-0.15, -0.1) is 5.10 Å². The number of carbonyl (C=O) groups is 1. The molecule has 2 aromatic heterocycles. The van der Waals surface area contributed by atoms with Crippen LogP contribution in [0.3, 0.4) is 0 Å². The first-order chi connectivity index (χ1) is 12.9. The first-order valence-electron chi connectivity index (χ1n) is 8.04. The fourth-order valence-electron chi connectivity index (χ4n) is 2.43. The first kappa shape index (κ1) is 18.5. The zero-order valence-corrected chi connectivity index (χ0v) is 15.1. The van der Waals surface area contributed by atoms with Crippen molar-refractivity contribution in [1.29, 1.82) is 0 Å². The summed E-state index contributed by atoms with van der Waals surface area (Å²) in [5, 5.41) is 22.0. The molecule has 1 aromatic carbocycles. The predicted octanol–water partition coefficient (Wildman–Crippen LogP) is 2.42. The summed E-state index contributed by atoms with van der Waals surface area (Å²) in [6, 6.07) is 8.75. The number of nitrogens with zero attached hydrogens (tertiary/aromatic N) is 6. The van der Waals surface area contributed by atoms with E-state index in [4.69, 9.17) is 11.6 Å². The highest BCUT2D eigenvalue weighted by atomic mass is 35.5. The van der Waals surface area contributed by atoms with Crippen molar-refractivity contribution in [3.63, 3.8) is 0 Å². The zero-order valence-electron chi connectivity index (χ0n) is 14.4. The largest absolute Gasteiger partial charge is 0.390 e. The van der Waals surface area contributed by atoms with Gasteiger partial charge in [-0.3, -0.25) is 10.1 Å². The number of nitro groups is 1. The molecule has 3 rings (SSSR count). The third-order valence-electron chi connectivity index (χ3n) is 3.78. The van der Waals surface area contributed by atoms with E-state index in [1.54, 1.807) is 17.7 Å². The van der Waals surface area contributed by atoms with Crippen LogP contribution < -0.4 is 5.32 Å². The van der Waals surface area contributed by atoms with Gasteiger partial charge in [0.15, 0.2) is 0 Å². The molecule has 0 aliphatic rings. The minimum Gasteiger partial charge on any atom is -0.358 e.